The highest BCUT2D eigenvalue weighted by Gasteiger charge is 2.50. The predicted molar refractivity (Wildman–Crippen MR) is 101 cm³/mol. The van der Waals surface area contributed by atoms with E-state index < -0.39 is 0 Å². The molecule has 1 aromatic rings. The second kappa shape index (κ2) is 7.60. The largest absolute Gasteiger partial charge is 0.342 e. The van der Waals surface area contributed by atoms with Crippen molar-refractivity contribution in [1.82, 2.24) is 25.0 Å². The first kappa shape index (κ1) is 18.4. The summed E-state index contributed by atoms with van der Waals surface area (Å²) in [5.41, 5.74) is -0.327. The van der Waals surface area contributed by atoms with E-state index in [0.29, 0.717) is 43.7 Å². The van der Waals surface area contributed by atoms with Crippen LogP contribution >= 0.6 is 0 Å². The Hall–Kier alpha value is -1.92. The predicted octanol–water partition coefficient (Wildman–Crippen LogP) is 2.22. The van der Waals surface area contributed by atoms with Gasteiger partial charge >= 0.3 is 0 Å². The van der Waals surface area contributed by atoms with E-state index >= 15 is 0 Å². The van der Waals surface area contributed by atoms with Crippen molar-refractivity contribution in [2.45, 2.75) is 77.2 Å². The van der Waals surface area contributed by atoms with E-state index in [1.54, 1.807) is 0 Å². The number of hydrogen-bond acceptors (Lipinski definition) is 4. The van der Waals surface area contributed by atoms with Crippen molar-refractivity contribution in [3.8, 4) is 0 Å². The van der Waals surface area contributed by atoms with Crippen molar-refractivity contribution >= 4 is 11.8 Å². The van der Waals surface area contributed by atoms with Gasteiger partial charge in [0, 0.05) is 38.5 Å². The highest BCUT2D eigenvalue weighted by atomic mass is 16.2. The van der Waals surface area contributed by atoms with Crippen LogP contribution in [0.25, 0.3) is 0 Å². The van der Waals surface area contributed by atoms with Crippen LogP contribution in [0.4, 0.5) is 0 Å². The average molecular weight is 374 g/mol. The molecule has 3 fully saturated rings. The zero-order valence-electron chi connectivity index (χ0n) is 16.4. The number of nitrogens with zero attached hydrogens (tertiary/aromatic N) is 4. The third kappa shape index (κ3) is 3.73. The number of hydrogen-bond donors (Lipinski definition) is 1. The Kier molecular flexibility index (Phi) is 5.19. The quantitative estimate of drug-likeness (QED) is 0.877. The number of likely N-dealkylation sites (tertiary alicyclic amines) is 2. The van der Waals surface area contributed by atoms with Gasteiger partial charge in [0.05, 0.1) is 5.41 Å². The van der Waals surface area contributed by atoms with E-state index in [2.05, 4.69) is 20.1 Å². The minimum atomic E-state index is -0.327. The first-order valence-electron chi connectivity index (χ1n) is 10.5. The van der Waals surface area contributed by atoms with Crippen molar-refractivity contribution < 1.29 is 9.59 Å². The Balaban J connectivity index is 1.36. The van der Waals surface area contributed by atoms with Gasteiger partial charge in [-0.1, -0.05) is 19.3 Å². The highest BCUT2D eigenvalue weighted by Crippen LogP contribution is 2.42. The fourth-order valence-electron chi connectivity index (χ4n) is 5.18. The molecule has 27 heavy (non-hydrogen) atoms. The van der Waals surface area contributed by atoms with Gasteiger partial charge in [0.25, 0.3) is 0 Å². The molecular formula is C20H31N5O2. The van der Waals surface area contributed by atoms with Crippen LogP contribution in [-0.4, -0.2) is 62.5 Å². The average Bonchev–Trinajstić information content (AvgIpc) is 3.30. The molecule has 3 heterocycles. The lowest BCUT2D eigenvalue weighted by atomic mass is 9.77. The summed E-state index contributed by atoms with van der Waals surface area (Å²) in [6.45, 7) is 4.07. The number of piperidine rings is 1. The van der Waals surface area contributed by atoms with Crippen LogP contribution in [0.2, 0.25) is 0 Å². The molecule has 1 atom stereocenters. The Morgan fingerprint density at radius 2 is 2.00 bits per heavy atom. The maximum Gasteiger partial charge on any atom is 0.230 e. The summed E-state index contributed by atoms with van der Waals surface area (Å²) < 4.78 is 0. The van der Waals surface area contributed by atoms with Crippen LogP contribution in [0.5, 0.6) is 0 Å². The number of nitrogens with one attached hydrogen (secondary N) is 1. The van der Waals surface area contributed by atoms with Gasteiger partial charge in [0.2, 0.25) is 11.8 Å². The summed E-state index contributed by atoms with van der Waals surface area (Å²) in [4.78, 5) is 34.4. The molecule has 2 saturated heterocycles. The van der Waals surface area contributed by atoms with E-state index in [1.165, 1.54) is 19.3 Å². The van der Waals surface area contributed by atoms with Crippen LogP contribution in [-0.2, 0) is 16.0 Å². The maximum atomic E-state index is 13.4. The van der Waals surface area contributed by atoms with Crippen molar-refractivity contribution in [1.29, 1.82) is 0 Å². The third-order valence-corrected chi connectivity index (χ3v) is 6.70. The molecule has 2 amide bonds. The Labute approximate surface area is 160 Å². The van der Waals surface area contributed by atoms with Gasteiger partial charge in [-0.3, -0.25) is 14.7 Å². The van der Waals surface area contributed by atoms with E-state index in [0.717, 1.165) is 44.5 Å². The first-order chi connectivity index (χ1) is 13.1. The number of carbonyl (C=O) groups is 2. The van der Waals surface area contributed by atoms with Gasteiger partial charge in [-0.2, -0.15) is 5.10 Å². The number of aryl methyl sites for hydroxylation is 2. The molecule has 148 valence electrons. The third-order valence-electron chi connectivity index (χ3n) is 6.70. The summed E-state index contributed by atoms with van der Waals surface area (Å²) in [5, 5.41) is 6.92. The van der Waals surface area contributed by atoms with Crippen LogP contribution in [0.3, 0.4) is 0 Å². The minimum Gasteiger partial charge on any atom is -0.342 e. The molecule has 1 unspecified atom stereocenters. The normalized spacial score (nSPS) is 26.9. The molecule has 2 aliphatic heterocycles. The van der Waals surface area contributed by atoms with Crippen molar-refractivity contribution in [3.05, 3.63) is 11.6 Å². The number of H-pyrrole nitrogens is 1. The number of aromatic nitrogens is 3. The molecule has 1 N–H and O–H groups in total. The minimum absolute atomic E-state index is 0.122. The molecule has 7 nitrogen and oxygen atoms in total. The van der Waals surface area contributed by atoms with Gasteiger partial charge < -0.3 is 9.80 Å². The number of amides is 2. The van der Waals surface area contributed by atoms with Crippen LogP contribution in [0, 0.1) is 12.3 Å². The maximum absolute atomic E-state index is 13.4. The molecule has 0 bridgehead atoms. The summed E-state index contributed by atoms with van der Waals surface area (Å²) in [6, 6.07) is 0.433. The number of aromatic amines is 1. The van der Waals surface area contributed by atoms with Gasteiger partial charge in [0.15, 0.2) is 5.82 Å². The second-order valence-corrected chi connectivity index (χ2v) is 8.58. The molecule has 1 spiro atoms. The standard InChI is InChI=1S/C20H31N5O2/c1-15-21-17(23-22-15)8-9-18(26)24-13-11-20(14-24)10-5-12-25(19(20)27)16-6-3-2-4-7-16/h16H,2-14H2,1H3,(H,21,22,23). The van der Waals surface area contributed by atoms with Crippen molar-refractivity contribution in [3.63, 3.8) is 0 Å². The smallest absolute Gasteiger partial charge is 0.230 e. The molecule has 7 heteroatoms. The summed E-state index contributed by atoms with van der Waals surface area (Å²) >= 11 is 0. The lowest BCUT2D eigenvalue weighted by Gasteiger charge is -2.44. The summed E-state index contributed by atoms with van der Waals surface area (Å²) in [6.07, 6.45) is 9.87. The van der Waals surface area contributed by atoms with Gasteiger partial charge in [-0.15, -0.1) is 0 Å². The molecule has 1 saturated carbocycles. The number of rotatable bonds is 4. The molecule has 3 aliphatic rings. The fraction of sp³-hybridized carbons (Fsp3) is 0.800. The fourth-order valence-corrected chi connectivity index (χ4v) is 5.18. The number of carbonyl (C=O) groups excluding carboxylic acids is 2. The second-order valence-electron chi connectivity index (χ2n) is 8.58. The van der Waals surface area contributed by atoms with Gasteiger partial charge in [-0.05, 0) is 39.0 Å². The Bertz CT molecular complexity index is 696. The molecule has 0 radical (unpaired) electrons. The van der Waals surface area contributed by atoms with E-state index in [-0.39, 0.29) is 11.3 Å². The lowest BCUT2D eigenvalue weighted by Crippen LogP contribution is -2.54. The molecular weight excluding hydrogens is 342 g/mol. The van der Waals surface area contributed by atoms with E-state index in [1.807, 2.05) is 11.8 Å². The van der Waals surface area contributed by atoms with Crippen molar-refractivity contribution in [2.24, 2.45) is 5.41 Å². The summed E-state index contributed by atoms with van der Waals surface area (Å²) in [5.74, 6) is 1.90. The Morgan fingerprint density at radius 3 is 2.74 bits per heavy atom. The van der Waals surface area contributed by atoms with E-state index in [9.17, 15) is 9.59 Å². The highest BCUT2D eigenvalue weighted by molar-refractivity contribution is 5.86. The van der Waals surface area contributed by atoms with Gasteiger partial charge in [-0.25, -0.2) is 4.98 Å². The SMILES string of the molecule is Cc1nc(CCC(=O)N2CCC3(CCCN(C4CCCCC4)C3=O)C2)n[nH]1. The lowest BCUT2D eigenvalue weighted by molar-refractivity contribution is -0.149. The Morgan fingerprint density at radius 1 is 1.19 bits per heavy atom. The monoisotopic (exact) mass is 373 g/mol. The molecule has 1 aliphatic carbocycles. The molecule has 1 aromatic heterocycles. The van der Waals surface area contributed by atoms with E-state index in [4.69, 9.17) is 0 Å². The molecule has 4 rings (SSSR count). The van der Waals surface area contributed by atoms with Crippen LogP contribution in [0.15, 0.2) is 0 Å². The summed E-state index contributed by atoms with van der Waals surface area (Å²) in [7, 11) is 0. The molecule has 0 aromatic carbocycles. The van der Waals surface area contributed by atoms with Crippen LogP contribution < -0.4 is 0 Å². The van der Waals surface area contributed by atoms with Crippen molar-refractivity contribution in [2.75, 3.05) is 19.6 Å². The zero-order chi connectivity index (χ0) is 18.9. The van der Waals surface area contributed by atoms with Gasteiger partial charge in [0.1, 0.15) is 5.82 Å². The topological polar surface area (TPSA) is 82.2 Å². The zero-order valence-corrected chi connectivity index (χ0v) is 16.4. The van der Waals surface area contributed by atoms with Crippen LogP contribution in [0.1, 0.15) is 69.4 Å². The first-order valence-corrected chi connectivity index (χ1v) is 10.5.